The normalized spacial score (nSPS) is 18.3. The van der Waals surface area contributed by atoms with Gasteiger partial charge < -0.3 is 14.4 Å². The second kappa shape index (κ2) is 5.83. The van der Waals surface area contributed by atoms with E-state index in [-0.39, 0.29) is 11.9 Å². The van der Waals surface area contributed by atoms with Gasteiger partial charge in [0.05, 0.1) is 19.9 Å². The molecular formula is C14H16BrNO4. The van der Waals surface area contributed by atoms with Gasteiger partial charge in [0, 0.05) is 23.0 Å². The highest BCUT2D eigenvalue weighted by molar-refractivity contribution is 9.10. The lowest BCUT2D eigenvalue weighted by molar-refractivity contribution is -0.117. The van der Waals surface area contributed by atoms with Gasteiger partial charge in [0.2, 0.25) is 5.91 Å². The molecule has 0 bridgehead atoms. The number of anilines is 1. The summed E-state index contributed by atoms with van der Waals surface area (Å²) in [5.74, 6) is -0.0112. The number of rotatable bonds is 3. The van der Waals surface area contributed by atoms with Crippen LogP contribution in [-0.2, 0) is 9.53 Å². The van der Waals surface area contributed by atoms with Crippen LogP contribution in [0.1, 0.15) is 30.1 Å². The highest BCUT2D eigenvalue weighted by Crippen LogP contribution is 2.37. The summed E-state index contributed by atoms with van der Waals surface area (Å²) in [6.07, 6.45) is 1.36. The molecule has 1 amide bonds. The summed E-state index contributed by atoms with van der Waals surface area (Å²) in [4.78, 5) is 25.4. The van der Waals surface area contributed by atoms with Gasteiger partial charge in [0.1, 0.15) is 11.3 Å². The molecule has 1 aromatic rings. The highest BCUT2D eigenvalue weighted by atomic mass is 79.9. The molecule has 0 spiro atoms. The summed E-state index contributed by atoms with van der Waals surface area (Å²) in [6.45, 7) is 2.00. The van der Waals surface area contributed by atoms with Crippen molar-refractivity contribution in [3.8, 4) is 5.75 Å². The second-order valence-electron chi connectivity index (χ2n) is 4.65. The van der Waals surface area contributed by atoms with Gasteiger partial charge in [-0.15, -0.1) is 0 Å². The van der Waals surface area contributed by atoms with Crippen molar-refractivity contribution in [2.24, 2.45) is 0 Å². The number of esters is 1. The Morgan fingerprint density at radius 3 is 2.60 bits per heavy atom. The van der Waals surface area contributed by atoms with Crippen LogP contribution in [0.25, 0.3) is 0 Å². The summed E-state index contributed by atoms with van der Waals surface area (Å²) in [5.41, 5.74) is 1.04. The van der Waals surface area contributed by atoms with Crippen LogP contribution in [0, 0.1) is 0 Å². The second-order valence-corrected chi connectivity index (χ2v) is 5.50. The largest absolute Gasteiger partial charge is 0.496 e. The van der Waals surface area contributed by atoms with Crippen molar-refractivity contribution in [1.29, 1.82) is 0 Å². The Morgan fingerprint density at radius 2 is 2.10 bits per heavy atom. The lowest BCUT2D eigenvalue weighted by Gasteiger charge is -2.24. The number of carbonyl (C=O) groups is 2. The lowest BCUT2D eigenvalue weighted by atomic mass is 10.1. The first kappa shape index (κ1) is 14.8. The van der Waals surface area contributed by atoms with Crippen molar-refractivity contribution in [2.75, 3.05) is 19.1 Å². The van der Waals surface area contributed by atoms with Gasteiger partial charge in [0.15, 0.2) is 0 Å². The number of hydrogen-bond donors (Lipinski definition) is 0. The van der Waals surface area contributed by atoms with Gasteiger partial charge in [-0.2, -0.15) is 0 Å². The molecule has 1 aromatic carbocycles. The van der Waals surface area contributed by atoms with E-state index in [1.807, 2.05) is 6.92 Å². The average molecular weight is 342 g/mol. The van der Waals surface area contributed by atoms with E-state index in [4.69, 9.17) is 9.47 Å². The molecule has 0 unspecified atom stereocenters. The molecule has 0 radical (unpaired) electrons. The van der Waals surface area contributed by atoms with Gasteiger partial charge in [-0.3, -0.25) is 4.79 Å². The predicted molar refractivity (Wildman–Crippen MR) is 78.2 cm³/mol. The molecule has 5 nitrogen and oxygen atoms in total. The van der Waals surface area contributed by atoms with Crippen LogP contribution < -0.4 is 9.64 Å². The molecule has 0 aromatic heterocycles. The van der Waals surface area contributed by atoms with Gasteiger partial charge >= 0.3 is 5.97 Å². The summed E-state index contributed by atoms with van der Waals surface area (Å²) in [7, 11) is 2.80. The van der Waals surface area contributed by atoms with Crippen molar-refractivity contribution in [3.63, 3.8) is 0 Å². The molecule has 0 saturated carbocycles. The fourth-order valence-corrected chi connectivity index (χ4v) is 2.90. The van der Waals surface area contributed by atoms with E-state index < -0.39 is 5.97 Å². The summed E-state index contributed by atoms with van der Waals surface area (Å²) in [6, 6.07) is 3.45. The molecular weight excluding hydrogens is 326 g/mol. The quantitative estimate of drug-likeness (QED) is 0.793. The molecule has 6 heteroatoms. The zero-order valence-corrected chi connectivity index (χ0v) is 13.2. The molecule has 1 aliphatic rings. The number of carbonyl (C=O) groups excluding carboxylic acids is 2. The predicted octanol–water partition coefficient (Wildman–Crippen LogP) is 2.76. The third kappa shape index (κ3) is 2.52. The minimum atomic E-state index is -0.477. The Balaban J connectivity index is 2.51. The van der Waals surface area contributed by atoms with Gasteiger partial charge in [-0.1, -0.05) is 0 Å². The zero-order chi connectivity index (χ0) is 14.9. The van der Waals surface area contributed by atoms with Crippen molar-refractivity contribution in [3.05, 3.63) is 22.2 Å². The van der Waals surface area contributed by atoms with Crippen LogP contribution in [0.2, 0.25) is 0 Å². The smallest absolute Gasteiger partial charge is 0.341 e. The topological polar surface area (TPSA) is 55.8 Å². The van der Waals surface area contributed by atoms with Crippen molar-refractivity contribution >= 4 is 33.5 Å². The molecule has 2 rings (SSSR count). The number of methoxy groups -OCH3 is 2. The molecule has 0 aliphatic carbocycles. The van der Waals surface area contributed by atoms with E-state index >= 15 is 0 Å². The third-order valence-electron chi connectivity index (χ3n) is 3.42. The van der Waals surface area contributed by atoms with E-state index in [9.17, 15) is 9.59 Å². The van der Waals surface area contributed by atoms with Gasteiger partial charge in [-0.05, 0) is 35.3 Å². The number of ether oxygens (including phenoxy) is 2. The highest BCUT2D eigenvalue weighted by Gasteiger charge is 2.31. The number of nitrogens with zero attached hydrogens (tertiary/aromatic N) is 1. The fraction of sp³-hybridized carbons (Fsp3) is 0.429. The summed E-state index contributed by atoms with van der Waals surface area (Å²) >= 11 is 3.42. The first-order chi connectivity index (χ1) is 9.49. The molecule has 20 heavy (non-hydrogen) atoms. The monoisotopic (exact) mass is 341 g/mol. The molecule has 1 aliphatic heterocycles. The van der Waals surface area contributed by atoms with Crippen LogP contribution >= 0.6 is 15.9 Å². The maximum Gasteiger partial charge on any atom is 0.341 e. The van der Waals surface area contributed by atoms with E-state index in [2.05, 4.69) is 15.9 Å². The third-order valence-corrected chi connectivity index (χ3v) is 4.05. The maximum atomic E-state index is 12.0. The van der Waals surface area contributed by atoms with E-state index in [1.165, 1.54) is 14.2 Å². The average Bonchev–Trinajstić information content (AvgIpc) is 2.77. The van der Waals surface area contributed by atoms with Crippen LogP contribution in [0.5, 0.6) is 5.75 Å². The Kier molecular flexibility index (Phi) is 4.32. The number of halogens is 1. The van der Waals surface area contributed by atoms with E-state index in [1.54, 1.807) is 17.0 Å². The Hall–Kier alpha value is -1.56. The van der Waals surface area contributed by atoms with Gasteiger partial charge in [0.25, 0.3) is 0 Å². The lowest BCUT2D eigenvalue weighted by Crippen LogP contribution is -2.31. The van der Waals surface area contributed by atoms with Gasteiger partial charge in [-0.25, -0.2) is 4.79 Å². The number of benzene rings is 1. The first-order valence-electron chi connectivity index (χ1n) is 6.27. The number of hydrogen-bond acceptors (Lipinski definition) is 4. The first-order valence-corrected chi connectivity index (χ1v) is 7.06. The maximum absolute atomic E-state index is 12.0. The SMILES string of the molecule is COC(=O)c1cc(Br)c(N2C(=O)CC[C@@H]2C)cc1OC. The Labute approximate surface area is 126 Å². The van der Waals surface area contributed by atoms with Crippen molar-refractivity contribution < 1.29 is 19.1 Å². The van der Waals surface area contributed by atoms with Crippen LogP contribution in [0.3, 0.4) is 0 Å². The van der Waals surface area contributed by atoms with Crippen molar-refractivity contribution in [1.82, 2.24) is 0 Å². The van der Waals surface area contributed by atoms with E-state index in [0.29, 0.717) is 27.9 Å². The van der Waals surface area contributed by atoms with Crippen LogP contribution in [-0.4, -0.2) is 32.1 Å². The van der Waals surface area contributed by atoms with Crippen LogP contribution in [0.4, 0.5) is 5.69 Å². The molecule has 1 saturated heterocycles. The minimum absolute atomic E-state index is 0.0751. The van der Waals surface area contributed by atoms with Crippen molar-refractivity contribution in [2.45, 2.75) is 25.8 Å². The standard InChI is InChI=1S/C14H16BrNO4/c1-8-4-5-13(17)16(8)11-7-12(19-2)9(6-10(11)15)14(18)20-3/h6-8H,4-5H2,1-3H3/t8-/m0/s1. The Bertz CT molecular complexity index is 558. The summed E-state index contributed by atoms with van der Waals surface area (Å²) < 4.78 is 10.6. The number of amides is 1. The molecule has 1 heterocycles. The molecule has 0 N–H and O–H groups in total. The zero-order valence-electron chi connectivity index (χ0n) is 11.6. The minimum Gasteiger partial charge on any atom is -0.496 e. The molecule has 1 atom stereocenters. The fourth-order valence-electron chi connectivity index (χ4n) is 2.37. The van der Waals surface area contributed by atoms with E-state index in [0.717, 1.165) is 6.42 Å². The Morgan fingerprint density at radius 1 is 1.40 bits per heavy atom. The summed E-state index contributed by atoms with van der Waals surface area (Å²) in [5, 5.41) is 0. The molecule has 1 fully saturated rings. The molecule has 108 valence electrons. The van der Waals surface area contributed by atoms with Crippen LogP contribution in [0.15, 0.2) is 16.6 Å².